The number of benzene rings is 3. The number of anilines is 1. The van der Waals surface area contributed by atoms with E-state index in [2.05, 4.69) is 4.72 Å². The molecule has 3 aromatic carbocycles. The summed E-state index contributed by atoms with van der Waals surface area (Å²) in [6, 6.07) is 11.5. The molecule has 3 aromatic rings. The van der Waals surface area contributed by atoms with Crippen molar-refractivity contribution in [2.75, 3.05) is 25.5 Å². The molecule has 0 fully saturated rings. The Bertz CT molecular complexity index is 1380. The summed E-state index contributed by atoms with van der Waals surface area (Å²) < 4.78 is 57.0. The van der Waals surface area contributed by atoms with Gasteiger partial charge in [-0.25, -0.2) is 17.6 Å². The van der Waals surface area contributed by atoms with Gasteiger partial charge < -0.3 is 14.2 Å². The highest BCUT2D eigenvalue weighted by atomic mass is 35.5. The summed E-state index contributed by atoms with van der Waals surface area (Å²) in [6.45, 7) is 0.959. The highest BCUT2D eigenvalue weighted by Gasteiger charge is 2.23. The third-order valence-electron chi connectivity index (χ3n) is 4.93. The van der Waals surface area contributed by atoms with Crippen molar-refractivity contribution in [3.63, 3.8) is 0 Å². The Balaban J connectivity index is 1.81. The molecule has 8 nitrogen and oxygen atoms in total. The minimum atomic E-state index is -4.19. The molecule has 0 saturated heterocycles. The molecule has 3 rings (SSSR count). The minimum absolute atomic E-state index is 0.0653. The molecule has 1 N–H and O–H groups in total. The molecule has 0 aromatic heterocycles. The molecule has 0 bridgehead atoms. The minimum Gasteiger partial charge on any atom is -0.495 e. The number of Topliss-reactive ketones (excluding diaryl/α,β-unsaturated/α-hetero) is 1. The lowest BCUT2D eigenvalue weighted by Crippen LogP contribution is -2.17. The summed E-state index contributed by atoms with van der Waals surface area (Å²) in [7, 11) is -1.42. The fourth-order valence-corrected chi connectivity index (χ4v) is 4.66. The van der Waals surface area contributed by atoms with Crippen LogP contribution < -0.4 is 14.2 Å². The predicted octanol–water partition coefficient (Wildman–Crippen LogP) is 4.65. The van der Waals surface area contributed by atoms with Crippen LogP contribution in [0.25, 0.3) is 0 Å². The molecular formula is C24H21ClFNO7S. The first-order chi connectivity index (χ1) is 16.6. The zero-order chi connectivity index (χ0) is 25.8. The lowest BCUT2D eigenvalue weighted by molar-refractivity contribution is 0.0474. The SMILES string of the molecule is COc1cc(OC)c(NS(=O)(=O)c2cc(C(=O)OCC(=O)c3ccc(F)cc3)ccc2C)cc1Cl. The molecule has 0 aliphatic heterocycles. The molecule has 0 saturated carbocycles. The van der Waals surface area contributed by atoms with Crippen LogP contribution in [0.5, 0.6) is 11.5 Å². The Kier molecular flexibility index (Phi) is 7.98. The van der Waals surface area contributed by atoms with E-state index in [-0.39, 0.29) is 32.5 Å². The van der Waals surface area contributed by atoms with E-state index in [4.69, 9.17) is 25.8 Å². The van der Waals surface area contributed by atoms with Gasteiger partial charge in [-0.2, -0.15) is 0 Å². The maximum Gasteiger partial charge on any atom is 0.338 e. The van der Waals surface area contributed by atoms with Crippen LogP contribution in [-0.2, 0) is 14.8 Å². The number of hydrogen-bond donors (Lipinski definition) is 1. The summed E-state index contributed by atoms with van der Waals surface area (Å²) in [5, 5.41) is 0.158. The van der Waals surface area contributed by atoms with Crippen molar-refractivity contribution in [2.24, 2.45) is 0 Å². The number of carbonyl (C=O) groups is 2. The topological polar surface area (TPSA) is 108 Å². The van der Waals surface area contributed by atoms with Crippen molar-refractivity contribution >= 4 is 39.1 Å². The fourth-order valence-electron chi connectivity index (χ4n) is 3.09. The van der Waals surface area contributed by atoms with E-state index in [0.29, 0.717) is 11.3 Å². The Hall–Kier alpha value is -3.63. The van der Waals surface area contributed by atoms with Crippen LogP contribution >= 0.6 is 11.6 Å². The number of rotatable bonds is 9. The van der Waals surface area contributed by atoms with E-state index in [1.54, 1.807) is 6.92 Å². The van der Waals surface area contributed by atoms with Gasteiger partial charge in [0, 0.05) is 11.6 Å². The van der Waals surface area contributed by atoms with E-state index in [9.17, 15) is 22.4 Å². The van der Waals surface area contributed by atoms with Crippen LogP contribution in [0.4, 0.5) is 10.1 Å². The van der Waals surface area contributed by atoms with Gasteiger partial charge in [0.25, 0.3) is 10.0 Å². The van der Waals surface area contributed by atoms with Gasteiger partial charge in [-0.05, 0) is 55.0 Å². The first-order valence-electron chi connectivity index (χ1n) is 10.1. The molecule has 35 heavy (non-hydrogen) atoms. The second-order valence-corrected chi connectivity index (χ2v) is 9.34. The summed E-state index contributed by atoms with van der Waals surface area (Å²) in [5.41, 5.74) is 0.510. The first-order valence-corrected chi connectivity index (χ1v) is 11.9. The highest BCUT2D eigenvalue weighted by molar-refractivity contribution is 7.92. The third-order valence-corrected chi connectivity index (χ3v) is 6.74. The predicted molar refractivity (Wildman–Crippen MR) is 128 cm³/mol. The number of methoxy groups -OCH3 is 2. The van der Waals surface area contributed by atoms with Crippen molar-refractivity contribution in [1.82, 2.24) is 0 Å². The molecule has 0 unspecified atom stereocenters. The van der Waals surface area contributed by atoms with Crippen LogP contribution in [0, 0.1) is 12.7 Å². The summed E-state index contributed by atoms with van der Waals surface area (Å²) >= 11 is 6.12. The standard InChI is InChI=1S/C24H21ClFNO7S/c1-14-4-5-16(24(29)34-13-20(28)15-6-8-17(26)9-7-15)10-23(14)35(30,31)27-19-11-18(25)21(32-2)12-22(19)33-3/h4-12,27H,13H2,1-3H3. The zero-order valence-corrected chi connectivity index (χ0v) is 20.5. The first kappa shape index (κ1) is 26.0. The molecule has 0 aliphatic rings. The van der Waals surface area contributed by atoms with Gasteiger partial charge in [0.15, 0.2) is 12.4 Å². The fraction of sp³-hybridized carbons (Fsp3) is 0.167. The number of aryl methyl sites for hydroxylation is 1. The molecule has 184 valence electrons. The van der Waals surface area contributed by atoms with E-state index in [0.717, 1.165) is 18.2 Å². The van der Waals surface area contributed by atoms with Crippen LogP contribution in [-0.4, -0.2) is 41.0 Å². The molecule has 0 atom stereocenters. The molecule has 0 aliphatic carbocycles. The number of ketones is 1. The zero-order valence-electron chi connectivity index (χ0n) is 18.9. The maximum atomic E-state index is 13.1. The van der Waals surface area contributed by atoms with Gasteiger partial charge in [-0.1, -0.05) is 17.7 Å². The number of ether oxygens (including phenoxy) is 3. The Labute approximate surface area is 206 Å². The van der Waals surface area contributed by atoms with E-state index < -0.39 is 34.2 Å². The van der Waals surface area contributed by atoms with Gasteiger partial charge in [-0.3, -0.25) is 9.52 Å². The summed E-state index contributed by atoms with van der Waals surface area (Å²) in [4.78, 5) is 24.5. The number of halogens is 2. The summed E-state index contributed by atoms with van der Waals surface area (Å²) in [5.74, 6) is -1.48. The lowest BCUT2D eigenvalue weighted by atomic mass is 10.1. The Morgan fingerprint density at radius 2 is 1.57 bits per heavy atom. The third kappa shape index (κ3) is 6.09. The smallest absolute Gasteiger partial charge is 0.338 e. The number of carbonyl (C=O) groups excluding carboxylic acids is 2. The van der Waals surface area contributed by atoms with E-state index >= 15 is 0 Å². The lowest BCUT2D eigenvalue weighted by Gasteiger charge is -2.15. The van der Waals surface area contributed by atoms with Gasteiger partial charge >= 0.3 is 5.97 Å². The van der Waals surface area contributed by atoms with Crippen LogP contribution in [0.3, 0.4) is 0 Å². The monoisotopic (exact) mass is 521 g/mol. The maximum absolute atomic E-state index is 13.1. The molecule has 0 heterocycles. The van der Waals surface area contributed by atoms with Gasteiger partial charge in [0.2, 0.25) is 0 Å². The second kappa shape index (κ2) is 10.7. The van der Waals surface area contributed by atoms with Gasteiger partial charge in [-0.15, -0.1) is 0 Å². The number of hydrogen-bond acceptors (Lipinski definition) is 7. The molecule has 0 radical (unpaired) electrons. The van der Waals surface area contributed by atoms with Crippen molar-refractivity contribution in [2.45, 2.75) is 11.8 Å². The molecule has 0 spiro atoms. The van der Waals surface area contributed by atoms with Crippen LogP contribution in [0.15, 0.2) is 59.5 Å². The molecule has 11 heteroatoms. The van der Waals surface area contributed by atoms with Crippen molar-refractivity contribution in [1.29, 1.82) is 0 Å². The molecular weight excluding hydrogens is 501 g/mol. The van der Waals surface area contributed by atoms with E-state index in [1.807, 2.05) is 0 Å². The number of esters is 1. The van der Waals surface area contributed by atoms with Crippen LogP contribution in [0.2, 0.25) is 5.02 Å². The van der Waals surface area contributed by atoms with Gasteiger partial charge in [0.05, 0.1) is 35.4 Å². The van der Waals surface area contributed by atoms with Crippen molar-refractivity contribution < 1.29 is 36.6 Å². The quantitative estimate of drug-likeness (QED) is 0.322. The normalized spacial score (nSPS) is 11.0. The number of sulfonamides is 1. The van der Waals surface area contributed by atoms with Crippen molar-refractivity contribution in [3.8, 4) is 11.5 Å². The van der Waals surface area contributed by atoms with E-state index in [1.165, 1.54) is 50.6 Å². The van der Waals surface area contributed by atoms with Crippen molar-refractivity contribution in [3.05, 3.63) is 82.1 Å². The van der Waals surface area contributed by atoms with Crippen LogP contribution in [0.1, 0.15) is 26.3 Å². The second-order valence-electron chi connectivity index (χ2n) is 7.28. The Morgan fingerprint density at radius 1 is 0.943 bits per heavy atom. The highest BCUT2D eigenvalue weighted by Crippen LogP contribution is 2.37. The largest absolute Gasteiger partial charge is 0.495 e. The number of nitrogens with one attached hydrogen (secondary N) is 1. The Morgan fingerprint density at radius 3 is 2.20 bits per heavy atom. The molecule has 0 amide bonds. The van der Waals surface area contributed by atoms with Gasteiger partial charge in [0.1, 0.15) is 17.3 Å². The average molecular weight is 522 g/mol. The summed E-state index contributed by atoms with van der Waals surface area (Å²) in [6.07, 6.45) is 0. The average Bonchev–Trinajstić information content (AvgIpc) is 2.83.